The second-order valence-corrected chi connectivity index (χ2v) is 6.55. The van der Waals surface area contributed by atoms with Crippen molar-refractivity contribution in [3.63, 3.8) is 0 Å². The van der Waals surface area contributed by atoms with Gasteiger partial charge < -0.3 is 24.8 Å². The van der Waals surface area contributed by atoms with Crippen LogP contribution in [-0.4, -0.2) is 57.9 Å². The van der Waals surface area contributed by atoms with Crippen LogP contribution in [0.3, 0.4) is 0 Å². The Kier molecular flexibility index (Phi) is 7.11. The van der Waals surface area contributed by atoms with Crippen LogP contribution in [-0.2, 0) is 16.1 Å². The van der Waals surface area contributed by atoms with Crippen LogP contribution in [0.2, 0.25) is 0 Å². The first-order chi connectivity index (χ1) is 13.7. The van der Waals surface area contributed by atoms with Crippen LogP contribution in [0.1, 0.15) is 5.56 Å². The van der Waals surface area contributed by atoms with Crippen LogP contribution in [0.15, 0.2) is 42.5 Å². The number of benzene rings is 2. The average molecular weight is 385 g/mol. The molecule has 1 aliphatic rings. The number of hydrogen-bond donors (Lipinski definition) is 2. The molecule has 7 nitrogen and oxygen atoms in total. The smallest absolute Gasteiger partial charge is 0.243 e. The van der Waals surface area contributed by atoms with Gasteiger partial charge in [0.2, 0.25) is 5.91 Å². The maximum absolute atomic E-state index is 12.4. The molecule has 2 N–H and O–H groups in total. The molecule has 2 aromatic carbocycles. The molecular weight excluding hydrogens is 358 g/mol. The Bertz CT molecular complexity index is 769. The maximum Gasteiger partial charge on any atom is 0.243 e. The van der Waals surface area contributed by atoms with E-state index in [4.69, 9.17) is 14.2 Å². The predicted molar refractivity (Wildman–Crippen MR) is 109 cm³/mol. The lowest BCUT2D eigenvalue weighted by atomic mass is 10.1. The zero-order valence-corrected chi connectivity index (χ0v) is 16.4. The molecular formula is C21H27N3O4. The third-order valence-electron chi connectivity index (χ3n) is 4.59. The van der Waals surface area contributed by atoms with Gasteiger partial charge in [0, 0.05) is 49.2 Å². The minimum atomic E-state index is -0.142. The van der Waals surface area contributed by atoms with E-state index in [0.717, 1.165) is 38.5 Å². The molecule has 0 saturated carbocycles. The highest BCUT2D eigenvalue weighted by Crippen LogP contribution is 2.25. The third-order valence-corrected chi connectivity index (χ3v) is 4.59. The van der Waals surface area contributed by atoms with E-state index in [2.05, 4.69) is 21.6 Å². The van der Waals surface area contributed by atoms with Gasteiger partial charge in [0.1, 0.15) is 11.5 Å². The summed E-state index contributed by atoms with van der Waals surface area (Å²) in [6, 6.07) is 13.3. The Labute approximate surface area is 165 Å². The van der Waals surface area contributed by atoms with Crippen molar-refractivity contribution in [2.24, 2.45) is 0 Å². The number of methoxy groups -OCH3 is 2. The largest absolute Gasteiger partial charge is 0.497 e. The number of carbonyl (C=O) groups excluding carboxylic acids is 1. The number of rotatable bonds is 8. The van der Waals surface area contributed by atoms with Crippen LogP contribution >= 0.6 is 0 Å². The van der Waals surface area contributed by atoms with Crippen molar-refractivity contribution < 1.29 is 19.0 Å². The average Bonchev–Trinajstić information content (AvgIpc) is 2.73. The van der Waals surface area contributed by atoms with Gasteiger partial charge >= 0.3 is 0 Å². The minimum absolute atomic E-state index is 0.142. The normalized spacial score (nSPS) is 14.4. The Morgan fingerprint density at radius 3 is 2.43 bits per heavy atom. The number of para-hydroxylation sites is 1. The van der Waals surface area contributed by atoms with E-state index < -0.39 is 0 Å². The van der Waals surface area contributed by atoms with Crippen molar-refractivity contribution in [3.05, 3.63) is 48.0 Å². The molecule has 0 aliphatic carbocycles. The van der Waals surface area contributed by atoms with E-state index in [1.165, 1.54) is 5.56 Å². The lowest BCUT2D eigenvalue weighted by Crippen LogP contribution is -2.35. The van der Waals surface area contributed by atoms with Gasteiger partial charge in [0.25, 0.3) is 0 Å². The van der Waals surface area contributed by atoms with Crippen molar-refractivity contribution in [1.82, 2.24) is 4.90 Å². The van der Waals surface area contributed by atoms with E-state index in [1.54, 1.807) is 32.4 Å². The fourth-order valence-electron chi connectivity index (χ4n) is 3.09. The van der Waals surface area contributed by atoms with Crippen molar-refractivity contribution in [3.8, 4) is 11.5 Å². The van der Waals surface area contributed by atoms with Crippen LogP contribution in [0.4, 0.5) is 11.4 Å². The number of hydrogen-bond acceptors (Lipinski definition) is 6. The summed E-state index contributed by atoms with van der Waals surface area (Å²) < 4.78 is 15.9. The summed E-state index contributed by atoms with van der Waals surface area (Å²) in [5.74, 6) is 1.11. The number of amides is 1. The quantitative estimate of drug-likeness (QED) is 0.728. The molecule has 1 amide bonds. The molecule has 0 bridgehead atoms. The molecule has 0 spiro atoms. The predicted octanol–water partition coefficient (Wildman–Crippen LogP) is 2.59. The maximum atomic E-state index is 12.4. The first-order valence-electron chi connectivity index (χ1n) is 9.32. The Hall–Kier alpha value is -2.77. The molecule has 0 unspecified atom stereocenters. The SMILES string of the molecule is COc1cc(NC(=O)CNc2ccccc2CN2CCOCC2)cc(OC)c1. The summed E-state index contributed by atoms with van der Waals surface area (Å²) in [5, 5.41) is 6.12. The number of nitrogens with zero attached hydrogens (tertiary/aromatic N) is 1. The highest BCUT2D eigenvalue weighted by molar-refractivity contribution is 5.94. The van der Waals surface area contributed by atoms with Crippen molar-refractivity contribution in [1.29, 1.82) is 0 Å². The number of ether oxygens (including phenoxy) is 3. The zero-order valence-electron chi connectivity index (χ0n) is 16.4. The molecule has 150 valence electrons. The van der Waals surface area contributed by atoms with Crippen molar-refractivity contribution >= 4 is 17.3 Å². The summed E-state index contributed by atoms with van der Waals surface area (Å²) in [6.45, 7) is 4.38. The molecule has 0 aromatic heterocycles. The van der Waals surface area contributed by atoms with Gasteiger partial charge in [0.05, 0.1) is 34.0 Å². The fraction of sp³-hybridized carbons (Fsp3) is 0.381. The van der Waals surface area contributed by atoms with Gasteiger partial charge in [-0.05, 0) is 11.6 Å². The lowest BCUT2D eigenvalue weighted by molar-refractivity contribution is -0.114. The summed E-state index contributed by atoms with van der Waals surface area (Å²) in [5.41, 5.74) is 2.76. The summed E-state index contributed by atoms with van der Waals surface area (Å²) in [4.78, 5) is 14.8. The van der Waals surface area contributed by atoms with E-state index >= 15 is 0 Å². The minimum Gasteiger partial charge on any atom is -0.497 e. The van der Waals surface area contributed by atoms with Gasteiger partial charge in [-0.25, -0.2) is 0 Å². The van der Waals surface area contributed by atoms with Crippen molar-refractivity contribution in [2.75, 3.05) is 57.7 Å². The number of carbonyl (C=O) groups is 1. The number of morpholine rings is 1. The van der Waals surface area contributed by atoms with Crippen LogP contribution < -0.4 is 20.1 Å². The van der Waals surface area contributed by atoms with Gasteiger partial charge in [-0.15, -0.1) is 0 Å². The standard InChI is InChI=1S/C21H27N3O4/c1-26-18-11-17(12-19(13-18)27-2)23-21(25)14-22-20-6-4-3-5-16(20)15-24-7-9-28-10-8-24/h3-6,11-13,22H,7-10,14-15H2,1-2H3,(H,23,25). The highest BCUT2D eigenvalue weighted by atomic mass is 16.5. The monoisotopic (exact) mass is 385 g/mol. The summed E-state index contributed by atoms with van der Waals surface area (Å²) in [6.07, 6.45) is 0. The van der Waals surface area contributed by atoms with Crippen LogP contribution in [0.5, 0.6) is 11.5 Å². The van der Waals surface area contributed by atoms with Gasteiger partial charge in [-0.1, -0.05) is 18.2 Å². The molecule has 0 radical (unpaired) electrons. The summed E-state index contributed by atoms with van der Waals surface area (Å²) >= 11 is 0. The first-order valence-corrected chi connectivity index (χ1v) is 9.32. The van der Waals surface area contributed by atoms with Crippen LogP contribution in [0.25, 0.3) is 0 Å². The fourth-order valence-corrected chi connectivity index (χ4v) is 3.09. The Balaban J connectivity index is 1.59. The molecule has 3 rings (SSSR count). The topological polar surface area (TPSA) is 72.1 Å². The lowest BCUT2D eigenvalue weighted by Gasteiger charge is -2.27. The van der Waals surface area contributed by atoms with E-state index in [-0.39, 0.29) is 12.5 Å². The second-order valence-electron chi connectivity index (χ2n) is 6.55. The number of anilines is 2. The Morgan fingerprint density at radius 2 is 1.75 bits per heavy atom. The molecule has 7 heteroatoms. The number of nitrogens with one attached hydrogen (secondary N) is 2. The highest BCUT2D eigenvalue weighted by Gasteiger charge is 2.13. The Morgan fingerprint density at radius 1 is 1.07 bits per heavy atom. The van der Waals surface area contributed by atoms with Gasteiger partial charge in [-0.3, -0.25) is 9.69 Å². The molecule has 0 atom stereocenters. The molecule has 1 heterocycles. The molecule has 28 heavy (non-hydrogen) atoms. The molecule has 2 aromatic rings. The van der Waals surface area contributed by atoms with Gasteiger partial charge in [0.15, 0.2) is 0 Å². The van der Waals surface area contributed by atoms with Crippen molar-refractivity contribution in [2.45, 2.75) is 6.54 Å². The summed E-state index contributed by atoms with van der Waals surface area (Å²) in [7, 11) is 3.15. The zero-order chi connectivity index (χ0) is 19.8. The second kappa shape index (κ2) is 9.96. The van der Waals surface area contributed by atoms with E-state index in [0.29, 0.717) is 17.2 Å². The molecule has 1 aliphatic heterocycles. The van der Waals surface area contributed by atoms with E-state index in [9.17, 15) is 4.79 Å². The van der Waals surface area contributed by atoms with Crippen LogP contribution in [0, 0.1) is 0 Å². The molecule has 1 saturated heterocycles. The van der Waals surface area contributed by atoms with Gasteiger partial charge in [-0.2, -0.15) is 0 Å². The van der Waals surface area contributed by atoms with E-state index in [1.807, 2.05) is 18.2 Å². The molecule has 1 fully saturated rings. The first kappa shape index (κ1) is 20.0. The third kappa shape index (κ3) is 5.61.